The van der Waals surface area contributed by atoms with Crippen molar-refractivity contribution in [2.24, 2.45) is 0 Å². The molecule has 1 amide bonds. The number of ether oxygens (including phenoxy) is 2. The van der Waals surface area contributed by atoms with E-state index in [0.29, 0.717) is 30.0 Å². The lowest BCUT2D eigenvalue weighted by molar-refractivity contribution is -0.384. The molecule has 0 atom stereocenters. The molecule has 7 heteroatoms. The van der Waals surface area contributed by atoms with Crippen molar-refractivity contribution in [2.45, 2.75) is 13.0 Å². The Hall–Kier alpha value is -3.87. The first-order valence-corrected chi connectivity index (χ1v) is 9.39. The third-order valence-corrected chi connectivity index (χ3v) is 4.52. The molecule has 0 unspecified atom stereocenters. The normalized spacial score (nSPS) is 10.3. The monoisotopic (exact) mass is 406 g/mol. The third kappa shape index (κ3) is 5.57. The number of hydrogen-bond acceptors (Lipinski definition) is 5. The number of benzene rings is 3. The SMILES string of the molecule is COc1ccccc1CNC(=O)COc1ccc([N+](=O)[O-])cc1Cc1ccccc1. The number of nitro benzene ring substituents is 1. The second kappa shape index (κ2) is 10.1. The Morgan fingerprint density at radius 1 is 0.967 bits per heavy atom. The average Bonchev–Trinajstić information content (AvgIpc) is 2.77. The lowest BCUT2D eigenvalue weighted by atomic mass is 10.0. The maximum atomic E-state index is 12.2. The van der Waals surface area contributed by atoms with E-state index in [1.807, 2.05) is 54.6 Å². The van der Waals surface area contributed by atoms with E-state index in [1.54, 1.807) is 7.11 Å². The van der Waals surface area contributed by atoms with Crippen LogP contribution in [0.4, 0.5) is 5.69 Å². The van der Waals surface area contributed by atoms with E-state index in [-0.39, 0.29) is 18.2 Å². The van der Waals surface area contributed by atoms with Gasteiger partial charge in [-0.2, -0.15) is 0 Å². The molecule has 0 saturated carbocycles. The zero-order valence-electron chi connectivity index (χ0n) is 16.5. The molecule has 7 nitrogen and oxygen atoms in total. The Morgan fingerprint density at radius 2 is 1.70 bits per heavy atom. The fourth-order valence-corrected chi connectivity index (χ4v) is 3.01. The summed E-state index contributed by atoms with van der Waals surface area (Å²) in [4.78, 5) is 22.9. The molecule has 0 bridgehead atoms. The van der Waals surface area contributed by atoms with Crippen molar-refractivity contribution in [1.29, 1.82) is 0 Å². The molecular formula is C23H22N2O5. The van der Waals surface area contributed by atoms with Gasteiger partial charge < -0.3 is 14.8 Å². The van der Waals surface area contributed by atoms with E-state index in [2.05, 4.69) is 5.32 Å². The Labute approximate surface area is 174 Å². The molecule has 0 aliphatic heterocycles. The van der Waals surface area contributed by atoms with E-state index in [4.69, 9.17) is 9.47 Å². The van der Waals surface area contributed by atoms with Crippen LogP contribution in [0.25, 0.3) is 0 Å². The van der Waals surface area contributed by atoms with Gasteiger partial charge in [-0.3, -0.25) is 14.9 Å². The topological polar surface area (TPSA) is 90.7 Å². The summed E-state index contributed by atoms with van der Waals surface area (Å²) >= 11 is 0. The third-order valence-electron chi connectivity index (χ3n) is 4.52. The van der Waals surface area contributed by atoms with Crippen LogP contribution in [0, 0.1) is 10.1 Å². The summed E-state index contributed by atoms with van der Waals surface area (Å²) in [6, 6.07) is 21.4. The standard InChI is InChI=1S/C23H22N2O5/c1-29-21-10-6-5-9-18(21)15-24-23(26)16-30-22-12-11-20(25(27)28)14-19(22)13-17-7-3-2-4-8-17/h2-12,14H,13,15-16H2,1H3,(H,24,26). The number of amides is 1. The van der Waals surface area contributed by atoms with Crippen LogP contribution in [0.3, 0.4) is 0 Å². The molecule has 0 saturated heterocycles. The summed E-state index contributed by atoms with van der Waals surface area (Å²) in [5.74, 6) is 0.834. The molecule has 3 aromatic carbocycles. The van der Waals surface area contributed by atoms with Crippen molar-refractivity contribution in [3.8, 4) is 11.5 Å². The van der Waals surface area contributed by atoms with Crippen molar-refractivity contribution in [3.63, 3.8) is 0 Å². The molecule has 0 aromatic heterocycles. The molecule has 0 heterocycles. The summed E-state index contributed by atoms with van der Waals surface area (Å²) in [6.07, 6.45) is 0.459. The van der Waals surface area contributed by atoms with E-state index >= 15 is 0 Å². The maximum Gasteiger partial charge on any atom is 0.269 e. The predicted octanol–water partition coefficient (Wildman–Crippen LogP) is 3.89. The molecule has 0 aliphatic carbocycles. The van der Waals surface area contributed by atoms with Gasteiger partial charge in [0.1, 0.15) is 11.5 Å². The van der Waals surface area contributed by atoms with Gasteiger partial charge in [0, 0.05) is 36.2 Å². The highest BCUT2D eigenvalue weighted by Crippen LogP contribution is 2.26. The number of non-ortho nitro benzene ring substituents is 1. The highest BCUT2D eigenvalue weighted by molar-refractivity contribution is 5.77. The van der Waals surface area contributed by atoms with Gasteiger partial charge in [0.15, 0.2) is 6.61 Å². The van der Waals surface area contributed by atoms with Crippen LogP contribution < -0.4 is 14.8 Å². The molecule has 0 fully saturated rings. The highest BCUT2D eigenvalue weighted by Gasteiger charge is 2.14. The Balaban J connectivity index is 1.66. The van der Waals surface area contributed by atoms with Crippen LogP contribution >= 0.6 is 0 Å². The van der Waals surface area contributed by atoms with Crippen LogP contribution in [0.15, 0.2) is 72.8 Å². The number of hydrogen-bond donors (Lipinski definition) is 1. The predicted molar refractivity (Wildman–Crippen MR) is 113 cm³/mol. The van der Waals surface area contributed by atoms with Crippen LogP contribution in [0.2, 0.25) is 0 Å². The van der Waals surface area contributed by atoms with Crippen molar-refractivity contribution < 1.29 is 19.2 Å². The minimum atomic E-state index is -0.446. The number of nitrogens with one attached hydrogen (secondary N) is 1. The first-order valence-electron chi connectivity index (χ1n) is 9.39. The number of carbonyl (C=O) groups excluding carboxylic acids is 1. The lowest BCUT2D eigenvalue weighted by Gasteiger charge is -2.13. The first kappa shape index (κ1) is 20.9. The molecule has 30 heavy (non-hydrogen) atoms. The van der Waals surface area contributed by atoms with E-state index in [0.717, 1.165) is 11.1 Å². The smallest absolute Gasteiger partial charge is 0.269 e. The van der Waals surface area contributed by atoms with Crippen molar-refractivity contribution in [2.75, 3.05) is 13.7 Å². The molecule has 0 radical (unpaired) electrons. The number of nitrogens with zero attached hydrogens (tertiary/aromatic N) is 1. The van der Waals surface area contributed by atoms with Crippen molar-refractivity contribution in [3.05, 3.63) is 99.6 Å². The number of rotatable bonds is 9. The van der Waals surface area contributed by atoms with Crippen LogP contribution in [0.1, 0.15) is 16.7 Å². The second-order valence-corrected chi connectivity index (χ2v) is 6.59. The molecular weight excluding hydrogens is 384 g/mol. The van der Waals surface area contributed by atoms with Crippen molar-refractivity contribution in [1.82, 2.24) is 5.32 Å². The largest absolute Gasteiger partial charge is 0.496 e. The van der Waals surface area contributed by atoms with Gasteiger partial charge in [0.05, 0.1) is 12.0 Å². The summed E-state index contributed by atoms with van der Waals surface area (Å²) in [5.41, 5.74) is 2.47. The van der Waals surface area contributed by atoms with Crippen molar-refractivity contribution >= 4 is 11.6 Å². The summed E-state index contributed by atoms with van der Waals surface area (Å²) in [5, 5.41) is 13.9. The number of methoxy groups -OCH3 is 1. The maximum absolute atomic E-state index is 12.2. The van der Waals surface area contributed by atoms with Crippen LogP contribution in [-0.2, 0) is 17.8 Å². The quantitative estimate of drug-likeness (QED) is 0.430. The average molecular weight is 406 g/mol. The number of para-hydroxylation sites is 1. The summed E-state index contributed by atoms with van der Waals surface area (Å²) < 4.78 is 11.0. The minimum Gasteiger partial charge on any atom is -0.496 e. The Kier molecular flexibility index (Phi) is 7.00. The molecule has 0 aliphatic rings. The van der Waals surface area contributed by atoms with Gasteiger partial charge in [-0.1, -0.05) is 48.5 Å². The summed E-state index contributed by atoms with van der Waals surface area (Å²) in [6.45, 7) is 0.109. The number of nitro groups is 1. The van der Waals surface area contributed by atoms with E-state index in [9.17, 15) is 14.9 Å². The molecule has 154 valence electrons. The molecule has 0 spiro atoms. The minimum absolute atomic E-state index is 0.0195. The second-order valence-electron chi connectivity index (χ2n) is 6.59. The number of carbonyl (C=O) groups is 1. The lowest BCUT2D eigenvalue weighted by Crippen LogP contribution is -2.28. The van der Waals surface area contributed by atoms with E-state index < -0.39 is 4.92 Å². The van der Waals surface area contributed by atoms with Gasteiger partial charge in [-0.05, 0) is 17.7 Å². The van der Waals surface area contributed by atoms with Gasteiger partial charge >= 0.3 is 0 Å². The van der Waals surface area contributed by atoms with Gasteiger partial charge in [-0.15, -0.1) is 0 Å². The van der Waals surface area contributed by atoms with E-state index in [1.165, 1.54) is 18.2 Å². The Morgan fingerprint density at radius 3 is 2.43 bits per heavy atom. The summed E-state index contributed by atoms with van der Waals surface area (Å²) in [7, 11) is 1.58. The van der Waals surface area contributed by atoms with Crippen LogP contribution in [-0.4, -0.2) is 24.5 Å². The molecule has 1 N–H and O–H groups in total. The molecule has 3 aromatic rings. The fraction of sp³-hybridized carbons (Fsp3) is 0.174. The van der Waals surface area contributed by atoms with Crippen LogP contribution in [0.5, 0.6) is 11.5 Å². The fourth-order valence-electron chi connectivity index (χ4n) is 3.01. The molecule has 3 rings (SSSR count). The zero-order chi connectivity index (χ0) is 21.3. The van der Waals surface area contributed by atoms with Gasteiger partial charge in [0.25, 0.3) is 11.6 Å². The first-order chi connectivity index (χ1) is 14.6. The van der Waals surface area contributed by atoms with Gasteiger partial charge in [-0.25, -0.2) is 0 Å². The van der Waals surface area contributed by atoms with Gasteiger partial charge in [0.2, 0.25) is 0 Å². The zero-order valence-corrected chi connectivity index (χ0v) is 16.5. The highest BCUT2D eigenvalue weighted by atomic mass is 16.6. The Bertz CT molecular complexity index is 1020.